The van der Waals surface area contributed by atoms with Gasteiger partial charge in [-0.25, -0.2) is 0 Å². The number of nitrogens with zero attached hydrogens (tertiary/aromatic N) is 1. The summed E-state index contributed by atoms with van der Waals surface area (Å²) in [4.78, 5) is 33.7. The molecule has 6 nitrogen and oxygen atoms in total. The molecule has 1 aliphatic rings. The third kappa shape index (κ3) is 1.58. The van der Waals surface area contributed by atoms with E-state index in [0.29, 0.717) is 10.8 Å². The average Bonchev–Trinajstić information content (AvgIpc) is 2.61. The van der Waals surface area contributed by atoms with E-state index >= 15 is 0 Å². The largest absolute Gasteiger partial charge is 0.368 e. The molecule has 0 saturated carbocycles. The summed E-state index contributed by atoms with van der Waals surface area (Å²) in [6, 6.07) is 1.97. The molecule has 0 aromatic carbocycles. The topological polar surface area (TPSA) is 108 Å². The fourth-order valence-electron chi connectivity index (χ4n) is 1.56. The van der Waals surface area contributed by atoms with E-state index in [1.165, 1.54) is 22.4 Å². The van der Waals surface area contributed by atoms with E-state index in [2.05, 4.69) is 0 Å². The van der Waals surface area contributed by atoms with Gasteiger partial charge < -0.3 is 11.5 Å². The Kier molecular flexibility index (Phi) is 2.47. The van der Waals surface area contributed by atoms with E-state index < -0.39 is 23.4 Å². The molecule has 0 bridgehead atoms. The van der Waals surface area contributed by atoms with Gasteiger partial charge in [-0.2, -0.15) is 0 Å². The molecule has 0 fully saturated rings. The van der Waals surface area contributed by atoms with Crippen LogP contribution in [0.15, 0.2) is 22.0 Å². The Balaban J connectivity index is 2.59. The highest BCUT2D eigenvalue weighted by Gasteiger charge is 2.28. The van der Waals surface area contributed by atoms with E-state index in [-0.39, 0.29) is 5.56 Å². The molecule has 2 heterocycles. The molecule has 2 rings (SSSR count). The fourth-order valence-corrected chi connectivity index (χ4v) is 2.77. The summed E-state index contributed by atoms with van der Waals surface area (Å²) in [5.74, 6) is -0.809. The van der Waals surface area contributed by atoms with Crippen LogP contribution in [-0.4, -0.2) is 22.1 Å². The van der Waals surface area contributed by atoms with Crippen molar-refractivity contribution in [3.63, 3.8) is 0 Å². The van der Waals surface area contributed by atoms with Crippen LogP contribution in [0.25, 0.3) is 0 Å². The average molecular weight is 239 g/mol. The van der Waals surface area contributed by atoms with Gasteiger partial charge in [0.2, 0.25) is 11.8 Å². The minimum Gasteiger partial charge on any atom is -0.368 e. The highest BCUT2D eigenvalue weighted by molar-refractivity contribution is 7.99. The number of carbonyl (C=O) groups is 2. The number of carbonyl (C=O) groups excluding carboxylic acids is 2. The van der Waals surface area contributed by atoms with E-state index in [1.807, 2.05) is 0 Å². The van der Waals surface area contributed by atoms with Crippen molar-refractivity contribution in [2.75, 3.05) is 5.75 Å². The molecule has 84 valence electrons. The van der Waals surface area contributed by atoms with Crippen LogP contribution in [0.4, 0.5) is 0 Å². The van der Waals surface area contributed by atoms with Gasteiger partial charge in [-0.3, -0.25) is 19.0 Å². The number of fused-ring (bicyclic) bond motifs is 1. The van der Waals surface area contributed by atoms with Crippen LogP contribution < -0.4 is 17.0 Å². The van der Waals surface area contributed by atoms with Crippen molar-refractivity contribution >= 4 is 23.6 Å². The van der Waals surface area contributed by atoms with Crippen LogP contribution >= 0.6 is 11.8 Å². The lowest BCUT2D eigenvalue weighted by atomic mass is 10.2. The van der Waals surface area contributed by atoms with Crippen LogP contribution in [-0.2, 0) is 4.79 Å². The van der Waals surface area contributed by atoms with Gasteiger partial charge in [0.25, 0.3) is 5.56 Å². The number of thioether (sulfide) groups is 1. The van der Waals surface area contributed by atoms with E-state index in [4.69, 9.17) is 11.5 Å². The summed E-state index contributed by atoms with van der Waals surface area (Å²) in [6.07, 6.45) is 0. The molecule has 1 aliphatic heterocycles. The molecule has 0 saturated heterocycles. The van der Waals surface area contributed by atoms with Crippen LogP contribution in [0.3, 0.4) is 0 Å². The molecule has 1 atom stereocenters. The molecule has 1 aromatic rings. The minimum atomic E-state index is -0.663. The molecule has 4 N–H and O–H groups in total. The molecular formula is C9H9N3O3S. The lowest BCUT2D eigenvalue weighted by Crippen LogP contribution is -2.33. The van der Waals surface area contributed by atoms with Crippen molar-refractivity contribution in [3.8, 4) is 0 Å². The van der Waals surface area contributed by atoms with Gasteiger partial charge in [0.15, 0.2) is 0 Å². The lowest BCUT2D eigenvalue weighted by Gasteiger charge is -2.09. The van der Waals surface area contributed by atoms with Crippen molar-refractivity contribution < 1.29 is 9.59 Å². The number of pyridine rings is 1. The molecular weight excluding hydrogens is 230 g/mol. The van der Waals surface area contributed by atoms with Gasteiger partial charge in [-0.15, -0.1) is 11.8 Å². The smallest absolute Gasteiger partial charge is 0.252 e. The monoisotopic (exact) mass is 239 g/mol. The fraction of sp³-hybridized carbons (Fsp3) is 0.222. The highest BCUT2D eigenvalue weighted by Crippen LogP contribution is 2.31. The zero-order valence-electron chi connectivity index (χ0n) is 8.17. The van der Waals surface area contributed by atoms with Gasteiger partial charge >= 0.3 is 0 Å². The lowest BCUT2D eigenvalue weighted by molar-refractivity contribution is -0.120. The third-order valence-corrected chi connectivity index (χ3v) is 3.44. The second-order valence-electron chi connectivity index (χ2n) is 3.38. The maximum Gasteiger partial charge on any atom is 0.252 e. The van der Waals surface area contributed by atoms with Crippen LogP contribution in [0.1, 0.15) is 16.4 Å². The molecule has 0 aliphatic carbocycles. The quantitative estimate of drug-likeness (QED) is 0.695. The summed E-state index contributed by atoms with van der Waals surface area (Å²) in [5.41, 5.74) is 9.98. The molecule has 0 radical (unpaired) electrons. The van der Waals surface area contributed by atoms with Crippen molar-refractivity contribution in [2.24, 2.45) is 11.5 Å². The number of hydrogen-bond donors (Lipinski definition) is 2. The molecule has 1 aromatic heterocycles. The Labute approximate surface area is 94.6 Å². The number of primary amides is 2. The number of aromatic nitrogens is 1. The number of rotatable bonds is 2. The number of amides is 2. The normalized spacial score (nSPS) is 18.1. The Hall–Kier alpha value is -1.76. The Morgan fingerprint density at radius 1 is 1.38 bits per heavy atom. The maximum atomic E-state index is 11.7. The summed E-state index contributed by atoms with van der Waals surface area (Å²) in [5, 5.41) is 0.546. The second kappa shape index (κ2) is 3.67. The summed E-state index contributed by atoms with van der Waals surface area (Å²) < 4.78 is 1.29. The molecule has 7 heteroatoms. The van der Waals surface area contributed by atoms with E-state index in [0.717, 1.165) is 6.07 Å². The maximum absolute atomic E-state index is 11.7. The summed E-state index contributed by atoms with van der Waals surface area (Å²) in [7, 11) is 0. The van der Waals surface area contributed by atoms with E-state index in [9.17, 15) is 14.4 Å². The number of nitrogens with two attached hydrogens (primary N) is 2. The van der Waals surface area contributed by atoms with Gasteiger partial charge in [-0.1, -0.05) is 0 Å². The van der Waals surface area contributed by atoms with Gasteiger partial charge in [0.05, 0.1) is 5.03 Å². The van der Waals surface area contributed by atoms with Gasteiger partial charge in [0, 0.05) is 17.4 Å². The zero-order chi connectivity index (χ0) is 11.9. The Morgan fingerprint density at radius 2 is 2.06 bits per heavy atom. The van der Waals surface area contributed by atoms with Crippen molar-refractivity contribution in [2.45, 2.75) is 11.1 Å². The minimum absolute atomic E-state index is 0.147. The van der Waals surface area contributed by atoms with E-state index in [1.54, 1.807) is 0 Å². The van der Waals surface area contributed by atoms with Crippen molar-refractivity contribution in [1.29, 1.82) is 0 Å². The first-order chi connectivity index (χ1) is 7.50. The van der Waals surface area contributed by atoms with Gasteiger partial charge in [-0.05, 0) is 6.07 Å². The first kappa shape index (κ1) is 10.7. The van der Waals surface area contributed by atoms with Crippen molar-refractivity contribution in [1.82, 2.24) is 4.57 Å². The SMILES string of the molecule is NC(=O)c1cc2n(c(=O)c1)C(C(N)=O)CS2. The first-order valence-electron chi connectivity index (χ1n) is 4.49. The number of hydrogen-bond acceptors (Lipinski definition) is 4. The Bertz CT molecular complexity index is 537. The molecule has 2 amide bonds. The summed E-state index contributed by atoms with van der Waals surface area (Å²) >= 11 is 1.30. The van der Waals surface area contributed by atoms with Crippen LogP contribution in [0.5, 0.6) is 0 Å². The standard InChI is InChI=1S/C9H9N3O3S/c10-8(14)4-1-6(13)12-5(9(11)15)3-16-7(12)2-4/h1-2,5H,3H2,(H2,10,14)(H2,11,15). The summed E-state index contributed by atoms with van der Waals surface area (Å²) in [6.45, 7) is 0. The third-order valence-electron chi connectivity index (χ3n) is 2.35. The predicted octanol–water partition coefficient (Wildman–Crippen LogP) is -0.921. The van der Waals surface area contributed by atoms with Crippen LogP contribution in [0, 0.1) is 0 Å². The second-order valence-corrected chi connectivity index (χ2v) is 4.42. The molecule has 0 spiro atoms. The first-order valence-corrected chi connectivity index (χ1v) is 5.48. The highest BCUT2D eigenvalue weighted by atomic mass is 32.2. The van der Waals surface area contributed by atoms with Gasteiger partial charge in [0.1, 0.15) is 6.04 Å². The zero-order valence-corrected chi connectivity index (χ0v) is 8.99. The van der Waals surface area contributed by atoms with Crippen LogP contribution in [0.2, 0.25) is 0 Å². The molecule has 1 unspecified atom stereocenters. The predicted molar refractivity (Wildman–Crippen MR) is 58.2 cm³/mol. The van der Waals surface area contributed by atoms with Crippen molar-refractivity contribution in [3.05, 3.63) is 28.0 Å². The molecule has 16 heavy (non-hydrogen) atoms. The Morgan fingerprint density at radius 3 is 2.62 bits per heavy atom.